The summed E-state index contributed by atoms with van der Waals surface area (Å²) in [5.74, 6) is 1.41. The number of thioether (sulfide) groups is 1. The van der Waals surface area contributed by atoms with Gasteiger partial charge in [0.25, 0.3) is 5.56 Å². The largest absolute Gasteiger partial charge is 0.310 e. The molecule has 0 saturated carbocycles. The second-order valence-corrected chi connectivity index (χ2v) is 4.87. The number of aryl methyl sites for hydroxylation is 1. The summed E-state index contributed by atoms with van der Waals surface area (Å²) in [6, 6.07) is 10.1. The molecular weight excluding hydrogens is 232 g/mol. The summed E-state index contributed by atoms with van der Waals surface area (Å²) >= 11 is 1.66. The van der Waals surface area contributed by atoms with E-state index in [0.29, 0.717) is 11.3 Å². The summed E-state index contributed by atoms with van der Waals surface area (Å²) in [5, 5.41) is 0. The van der Waals surface area contributed by atoms with Gasteiger partial charge in [0.1, 0.15) is 5.82 Å². The Labute approximate surface area is 104 Å². The molecule has 0 amide bonds. The van der Waals surface area contributed by atoms with Crippen molar-refractivity contribution in [1.82, 2.24) is 9.97 Å². The van der Waals surface area contributed by atoms with Crippen LogP contribution in [0.25, 0.3) is 0 Å². The molecule has 4 heteroatoms. The molecule has 0 bridgehead atoms. The Morgan fingerprint density at radius 1 is 1.24 bits per heavy atom. The van der Waals surface area contributed by atoms with Gasteiger partial charge in [-0.15, -0.1) is 11.8 Å². The van der Waals surface area contributed by atoms with E-state index in [9.17, 15) is 4.79 Å². The first-order chi connectivity index (χ1) is 8.16. The SMILES string of the molecule is Cc1nc(CSc2ccccc2)[nH]c(=O)c1C. The van der Waals surface area contributed by atoms with Crippen LogP contribution < -0.4 is 5.56 Å². The molecule has 88 valence electrons. The van der Waals surface area contributed by atoms with Gasteiger partial charge >= 0.3 is 0 Å². The second kappa shape index (κ2) is 5.19. The number of nitrogens with zero attached hydrogens (tertiary/aromatic N) is 1. The lowest BCUT2D eigenvalue weighted by molar-refractivity contribution is 0.942. The van der Waals surface area contributed by atoms with E-state index in [1.165, 1.54) is 4.90 Å². The molecule has 1 aromatic carbocycles. The van der Waals surface area contributed by atoms with Crippen molar-refractivity contribution in [2.45, 2.75) is 24.5 Å². The normalized spacial score (nSPS) is 10.5. The van der Waals surface area contributed by atoms with Crippen molar-refractivity contribution in [3.63, 3.8) is 0 Å². The van der Waals surface area contributed by atoms with Gasteiger partial charge in [-0.1, -0.05) is 18.2 Å². The van der Waals surface area contributed by atoms with E-state index in [1.54, 1.807) is 18.7 Å². The molecule has 1 N–H and O–H groups in total. The second-order valence-electron chi connectivity index (χ2n) is 3.82. The van der Waals surface area contributed by atoms with Crippen LogP contribution in [0.2, 0.25) is 0 Å². The van der Waals surface area contributed by atoms with Crippen molar-refractivity contribution in [3.05, 3.63) is 57.8 Å². The standard InChI is InChI=1S/C13H14N2OS/c1-9-10(2)14-12(15-13(9)16)8-17-11-6-4-3-5-7-11/h3-7H,8H2,1-2H3,(H,14,15,16). The Morgan fingerprint density at radius 3 is 2.59 bits per heavy atom. The maximum absolute atomic E-state index is 11.6. The molecule has 0 aliphatic rings. The lowest BCUT2D eigenvalue weighted by Crippen LogP contribution is -2.15. The molecule has 0 unspecified atom stereocenters. The molecule has 0 saturated heterocycles. The molecular formula is C13H14N2OS. The minimum absolute atomic E-state index is 0.0406. The van der Waals surface area contributed by atoms with Crippen LogP contribution in [-0.4, -0.2) is 9.97 Å². The van der Waals surface area contributed by atoms with Gasteiger partial charge in [0.05, 0.1) is 5.75 Å². The van der Waals surface area contributed by atoms with E-state index in [1.807, 2.05) is 37.3 Å². The maximum Gasteiger partial charge on any atom is 0.254 e. The molecule has 2 rings (SSSR count). The van der Waals surface area contributed by atoms with Crippen LogP contribution in [-0.2, 0) is 5.75 Å². The number of hydrogen-bond acceptors (Lipinski definition) is 3. The molecule has 0 atom stereocenters. The van der Waals surface area contributed by atoms with Crippen molar-refractivity contribution in [2.75, 3.05) is 0 Å². The predicted octanol–water partition coefficient (Wildman–Crippen LogP) is 2.68. The topological polar surface area (TPSA) is 45.8 Å². The molecule has 3 nitrogen and oxygen atoms in total. The monoisotopic (exact) mass is 246 g/mol. The van der Waals surface area contributed by atoms with Crippen LogP contribution in [0.3, 0.4) is 0 Å². The van der Waals surface area contributed by atoms with Gasteiger partial charge in [0, 0.05) is 16.2 Å². The summed E-state index contributed by atoms with van der Waals surface area (Å²) in [7, 11) is 0. The summed E-state index contributed by atoms with van der Waals surface area (Å²) < 4.78 is 0. The quantitative estimate of drug-likeness (QED) is 0.847. The highest BCUT2D eigenvalue weighted by Crippen LogP contribution is 2.20. The molecule has 0 spiro atoms. The molecule has 0 fully saturated rings. The smallest absolute Gasteiger partial charge is 0.254 e. The van der Waals surface area contributed by atoms with Crippen LogP contribution in [0, 0.1) is 13.8 Å². The minimum Gasteiger partial charge on any atom is -0.310 e. The Hall–Kier alpha value is -1.55. The summed E-state index contributed by atoms with van der Waals surface area (Å²) in [5.41, 5.74) is 1.46. The fourth-order valence-corrected chi connectivity index (χ4v) is 2.23. The highest BCUT2D eigenvalue weighted by Gasteiger charge is 2.03. The summed E-state index contributed by atoms with van der Waals surface area (Å²) in [6.07, 6.45) is 0. The molecule has 0 aliphatic heterocycles. The average Bonchev–Trinajstić information content (AvgIpc) is 2.34. The number of rotatable bonds is 3. The Morgan fingerprint density at radius 2 is 1.94 bits per heavy atom. The van der Waals surface area contributed by atoms with Crippen molar-refractivity contribution in [3.8, 4) is 0 Å². The fraction of sp³-hybridized carbons (Fsp3) is 0.231. The molecule has 2 aromatic rings. The summed E-state index contributed by atoms with van der Waals surface area (Å²) in [6.45, 7) is 3.65. The van der Waals surface area contributed by atoms with Gasteiger partial charge in [-0.2, -0.15) is 0 Å². The summed E-state index contributed by atoms with van der Waals surface area (Å²) in [4.78, 5) is 19.9. The van der Waals surface area contributed by atoms with Crippen LogP contribution in [0.5, 0.6) is 0 Å². The van der Waals surface area contributed by atoms with Gasteiger partial charge in [-0.05, 0) is 26.0 Å². The highest BCUT2D eigenvalue weighted by atomic mass is 32.2. The fourth-order valence-electron chi connectivity index (χ4n) is 1.44. The first kappa shape index (κ1) is 11.9. The number of hydrogen-bond donors (Lipinski definition) is 1. The lowest BCUT2D eigenvalue weighted by atomic mass is 10.3. The molecule has 17 heavy (non-hydrogen) atoms. The van der Waals surface area contributed by atoms with E-state index in [-0.39, 0.29) is 5.56 Å². The highest BCUT2D eigenvalue weighted by molar-refractivity contribution is 7.98. The predicted molar refractivity (Wildman–Crippen MR) is 70.3 cm³/mol. The van der Waals surface area contributed by atoms with Crippen molar-refractivity contribution in [2.24, 2.45) is 0 Å². The van der Waals surface area contributed by atoms with E-state index < -0.39 is 0 Å². The third-order valence-electron chi connectivity index (χ3n) is 2.56. The number of H-pyrrole nitrogens is 1. The zero-order chi connectivity index (χ0) is 12.3. The molecule has 1 heterocycles. The van der Waals surface area contributed by atoms with Crippen LogP contribution >= 0.6 is 11.8 Å². The first-order valence-corrected chi connectivity index (χ1v) is 6.39. The third kappa shape index (κ3) is 2.97. The van der Waals surface area contributed by atoms with Gasteiger partial charge in [-0.25, -0.2) is 4.98 Å². The third-order valence-corrected chi connectivity index (χ3v) is 3.59. The number of nitrogens with one attached hydrogen (secondary N) is 1. The van der Waals surface area contributed by atoms with Crippen LogP contribution in [0.1, 0.15) is 17.1 Å². The number of aromatic nitrogens is 2. The van der Waals surface area contributed by atoms with Crippen molar-refractivity contribution >= 4 is 11.8 Å². The van der Waals surface area contributed by atoms with Crippen molar-refractivity contribution < 1.29 is 0 Å². The van der Waals surface area contributed by atoms with Gasteiger partial charge < -0.3 is 4.98 Å². The Bertz CT molecular complexity index is 563. The van der Waals surface area contributed by atoms with Gasteiger partial charge in [0.15, 0.2) is 0 Å². The Kier molecular flexibility index (Phi) is 3.64. The van der Waals surface area contributed by atoms with Crippen molar-refractivity contribution in [1.29, 1.82) is 0 Å². The Balaban J connectivity index is 2.13. The van der Waals surface area contributed by atoms with E-state index in [2.05, 4.69) is 9.97 Å². The van der Waals surface area contributed by atoms with E-state index in [0.717, 1.165) is 11.5 Å². The molecule has 1 aromatic heterocycles. The maximum atomic E-state index is 11.6. The zero-order valence-electron chi connectivity index (χ0n) is 9.86. The number of aromatic amines is 1. The van der Waals surface area contributed by atoms with E-state index >= 15 is 0 Å². The zero-order valence-corrected chi connectivity index (χ0v) is 10.7. The molecule has 0 aliphatic carbocycles. The lowest BCUT2D eigenvalue weighted by Gasteiger charge is -2.04. The minimum atomic E-state index is -0.0406. The average molecular weight is 246 g/mol. The van der Waals surface area contributed by atoms with E-state index in [4.69, 9.17) is 0 Å². The number of benzene rings is 1. The van der Waals surface area contributed by atoms with Crippen LogP contribution in [0.4, 0.5) is 0 Å². The van der Waals surface area contributed by atoms with Gasteiger partial charge in [0.2, 0.25) is 0 Å². The van der Waals surface area contributed by atoms with Crippen LogP contribution in [0.15, 0.2) is 40.0 Å². The van der Waals surface area contributed by atoms with Gasteiger partial charge in [-0.3, -0.25) is 4.79 Å². The first-order valence-electron chi connectivity index (χ1n) is 5.41. The molecule has 0 radical (unpaired) electrons.